The Hall–Kier alpha value is -1.40. The van der Waals surface area contributed by atoms with Crippen LogP contribution in [0.25, 0.3) is 0 Å². The monoisotopic (exact) mass is 239 g/mol. The van der Waals surface area contributed by atoms with Gasteiger partial charge in [-0.25, -0.2) is 0 Å². The quantitative estimate of drug-likeness (QED) is 0.793. The maximum Gasteiger partial charge on any atom is 0.227 e. The summed E-state index contributed by atoms with van der Waals surface area (Å²) in [5, 5.41) is 9.49. The molecule has 2 heterocycles. The molecule has 1 aromatic heterocycles. The molecule has 0 atom stereocenters. The Balaban J connectivity index is 1.59. The number of hydrogen-bond acceptors (Lipinski definition) is 5. The molecule has 0 radical (unpaired) electrons. The van der Waals surface area contributed by atoms with E-state index in [-0.39, 0.29) is 12.0 Å². The second-order valence-corrected chi connectivity index (χ2v) is 4.00. The molecule has 6 heteroatoms. The number of nitrogens with zero attached hydrogens (tertiary/aromatic N) is 1. The Bertz CT molecular complexity index is 334. The Morgan fingerprint density at radius 3 is 3.12 bits per heavy atom. The third kappa shape index (κ3) is 4.16. The lowest BCUT2D eigenvalue weighted by Gasteiger charge is -2.22. The maximum absolute atomic E-state index is 11.5. The van der Waals surface area contributed by atoms with E-state index in [2.05, 4.69) is 20.3 Å². The number of nitrogens with one attached hydrogen (secondary N) is 2. The van der Waals surface area contributed by atoms with Gasteiger partial charge in [-0.1, -0.05) is 5.16 Å². The predicted octanol–water partition coefficient (Wildman–Crippen LogP) is 0.772. The van der Waals surface area contributed by atoms with Gasteiger partial charge in [0.25, 0.3) is 0 Å². The van der Waals surface area contributed by atoms with Crippen LogP contribution in [-0.4, -0.2) is 36.9 Å². The summed E-state index contributed by atoms with van der Waals surface area (Å²) in [6.45, 7) is 2.44. The Morgan fingerprint density at radius 1 is 1.59 bits per heavy atom. The number of aromatic nitrogens is 1. The van der Waals surface area contributed by atoms with Gasteiger partial charge in [-0.3, -0.25) is 4.79 Å². The lowest BCUT2D eigenvalue weighted by Crippen LogP contribution is -2.33. The van der Waals surface area contributed by atoms with E-state index in [1.165, 1.54) is 6.26 Å². The molecule has 0 bridgehead atoms. The maximum atomic E-state index is 11.5. The van der Waals surface area contributed by atoms with Crippen molar-refractivity contribution in [1.82, 2.24) is 10.5 Å². The molecule has 0 aliphatic carbocycles. The van der Waals surface area contributed by atoms with Gasteiger partial charge in [0.05, 0.1) is 19.1 Å². The van der Waals surface area contributed by atoms with Gasteiger partial charge in [0, 0.05) is 6.07 Å². The zero-order valence-electron chi connectivity index (χ0n) is 9.65. The fourth-order valence-corrected chi connectivity index (χ4v) is 1.76. The molecule has 1 fully saturated rings. The zero-order chi connectivity index (χ0) is 11.9. The lowest BCUT2D eigenvalue weighted by atomic mass is 10.1. The van der Waals surface area contributed by atoms with Crippen molar-refractivity contribution in [3.8, 4) is 0 Å². The van der Waals surface area contributed by atoms with Crippen molar-refractivity contribution in [2.24, 2.45) is 0 Å². The van der Waals surface area contributed by atoms with Crippen LogP contribution in [0.1, 0.15) is 19.3 Å². The molecule has 0 saturated carbocycles. The molecule has 0 unspecified atom stereocenters. The molecule has 1 aromatic rings. The molecule has 1 aliphatic rings. The highest BCUT2D eigenvalue weighted by Crippen LogP contribution is 2.08. The van der Waals surface area contributed by atoms with Crippen LogP contribution in [-0.2, 0) is 9.53 Å². The van der Waals surface area contributed by atoms with Crippen molar-refractivity contribution in [2.45, 2.75) is 25.4 Å². The number of rotatable bonds is 5. The van der Waals surface area contributed by atoms with Crippen LogP contribution in [0.5, 0.6) is 0 Å². The molecule has 1 saturated heterocycles. The van der Waals surface area contributed by atoms with Crippen molar-refractivity contribution in [3.63, 3.8) is 0 Å². The highest BCUT2D eigenvalue weighted by atomic mass is 16.5. The number of carbonyl (C=O) groups is 1. The SMILES string of the molecule is O=C(CCOC1CCNCC1)Nc1ccon1. The second kappa shape index (κ2) is 6.36. The van der Waals surface area contributed by atoms with Crippen molar-refractivity contribution in [3.05, 3.63) is 12.3 Å². The highest BCUT2D eigenvalue weighted by Gasteiger charge is 2.13. The van der Waals surface area contributed by atoms with Gasteiger partial charge >= 0.3 is 0 Å². The lowest BCUT2D eigenvalue weighted by molar-refractivity contribution is -0.117. The number of piperidine rings is 1. The summed E-state index contributed by atoms with van der Waals surface area (Å²) in [6, 6.07) is 1.60. The van der Waals surface area contributed by atoms with Crippen LogP contribution in [0.4, 0.5) is 5.82 Å². The fraction of sp³-hybridized carbons (Fsp3) is 0.636. The van der Waals surface area contributed by atoms with E-state index >= 15 is 0 Å². The first-order valence-electron chi connectivity index (χ1n) is 5.87. The Kier molecular flexibility index (Phi) is 4.52. The molecule has 94 valence electrons. The van der Waals surface area contributed by atoms with Gasteiger partial charge < -0.3 is 19.9 Å². The summed E-state index contributed by atoms with van der Waals surface area (Å²) < 4.78 is 10.2. The van der Waals surface area contributed by atoms with Gasteiger partial charge in [-0.2, -0.15) is 0 Å². The third-order valence-electron chi connectivity index (χ3n) is 2.67. The van der Waals surface area contributed by atoms with E-state index < -0.39 is 0 Å². The number of amides is 1. The molecule has 0 spiro atoms. The number of ether oxygens (including phenoxy) is 1. The molecule has 17 heavy (non-hydrogen) atoms. The summed E-state index contributed by atoms with van der Waals surface area (Å²) in [5.41, 5.74) is 0. The first-order valence-corrected chi connectivity index (χ1v) is 5.87. The number of carbonyl (C=O) groups excluding carboxylic acids is 1. The number of anilines is 1. The van der Waals surface area contributed by atoms with Crippen LogP contribution in [0.2, 0.25) is 0 Å². The highest BCUT2D eigenvalue weighted by molar-refractivity contribution is 5.89. The molecule has 6 nitrogen and oxygen atoms in total. The first-order chi connectivity index (χ1) is 8.34. The van der Waals surface area contributed by atoms with Crippen molar-refractivity contribution in [1.29, 1.82) is 0 Å². The van der Waals surface area contributed by atoms with Crippen LogP contribution < -0.4 is 10.6 Å². The minimum absolute atomic E-state index is 0.104. The first kappa shape index (κ1) is 12.1. The van der Waals surface area contributed by atoms with E-state index in [9.17, 15) is 4.79 Å². The van der Waals surface area contributed by atoms with E-state index in [0.29, 0.717) is 18.8 Å². The van der Waals surface area contributed by atoms with E-state index in [4.69, 9.17) is 4.74 Å². The van der Waals surface area contributed by atoms with Gasteiger partial charge in [-0.05, 0) is 25.9 Å². The predicted molar refractivity (Wildman–Crippen MR) is 61.6 cm³/mol. The smallest absolute Gasteiger partial charge is 0.227 e. The largest absolute Gasteiger partial charge is 0.378 e. The van der Waals surface area contributed by atoms with E-state index in [1.54, 1.807) is 6.07 Å². The van der Waals surface area contributed by atoms with Crippen LogP contribution >= 0.6 is 0 Å². The van der Waals surface area contributed by atoms with Crippen LogP contribution in [0, 0.1) is 0 Å². The van der Waals surface area contributed by atoms with Gasteiger partial charge in [0.1, 0.15) is 6.26 Å². The Morgan fingerprint density at radius 2 is 2.41 bits per heavy atom. The normalized spacial score (nSPS) is 16.9. The van der Waals surface area contributed by atoms with Crippen LogP contribution in [0.3, 0.4) is 0 Å². The second-order valence-electron chi connectivity index (χ2n) is 4.00. The standard InChI is InChI=1S/C11H17N3O3/c15-11(13-10-3-8-17-14-10)4-7-16-9-1-5-12-6-2-9/h3,8-9,12H,1-2,4-7H2,(H,13,14,15). The summed E-state index contributed by atoms with van der Waals surface area (Å²) in [4.78, 5) is 11.5. The summed E-state index contributed by atoms with van der Waals surface area (Å²) in [5.74, 6) is 0.338. The molecule has 2 rings (SSSR count). The molecule has 1 amide bonds. The van der Waals surface area contributed by atoms with Crippen molar-refractivity contribution < 1.29 is 14.1 Å². The average molecular weight is 239 g/mol. The van der Waals surface area contributed by atoms with Gasteiger partial charge in [-0.15, -0.1) is 0 Å². The zero-order valence-corrected chi connectivity index (χ0v) is 9.65. The molecule has 1 aliphatic heterocycles. The minimum atomic E-state index is -0.104. The van der Waals surface area contributed by atoms with Gasteiger partial charge in [0.15, 0.2) is 5.82 Å². The van der Waals surface area contributed by atoms with Crippen LogP contribution in [0.15, 0.2) is 16.9 Å². The Labute approximate surface area is 99.7 Å². The fourth-order valence-electron chi connectivity index (χ4n) is 1.76. The number of hydrogen-bond donors (Lipinski definition) is 2. The van der Waals surface area contributed by atoms with E-state index in [0.717, 1.165) is 25.9 Å². The summed E-state index contributed by atoms with van der Waals surface area (Å²) >= 11 is 0. The third-order valence-corrected chi connectivity index (χ3v) is 2.67. The molecular weight excluding hydrogens is 222 g/mol. The van der Waals surface area contributed by atoms with Crippen molar-refractivity contribution >= 4 is 11.7 Å². The van der Waals surface area contributed by atoms with Gasteiger partial charge in [0.2, 0.25) is 5.91 Å². The summed E-state index contributed by atoms with van der Waals surface area (Å²) in [7, 11) is 0. The topological polar surface area (TPSA) is 76.4 Å². The molecule has 0 aromatic carbocycles. The average Bonchev–Trinajstić information content (AvgIpc) is 2.83. The van der Waals surface area contributed by atoms with Crippen molar-refractivity contribution in [2.75, 3.05) is 25.0 Å². The molecular formula is C11H17N3O3. The summed E-state index contributed by atoms with van der Waals surface area (Å²) in [6.07, 6.45) is 4.09. The minimum Gasteiger partial charge on any atom is -0.378 e. The van der Waals surface area contributed by atoms with E-state index in [1.807, 2.05) is 0 Å². The molecule has 2 N–H and O–H groups in total.